The van der Waals surface area contributed by atoms with Gasteiger partial charge in [0, 0.05) is 0 Å². The van der Waals surface area contributed by atoms with Crippen LogP contribution in [0.1, 0.15) is 239 Å². The van der Waals surface area contributed by atoms with Gasteiger partial charge in [-0.05, 0) is 19.3 Å². The highest BCUT2D eigenvalue weighted by molar-refractivity contribution is 7.47. The molecule has 64 heavy (non-hydrogen) atoms. The number of aliphatic hydroxyl groups excluding tert-OH is 7. The van der Waals surface area contributed by atoms with E-state index in [0.29, 0.717) is 12.8 Å². The second-order valence-electron chi connectivity index (χ2n) is 18.9. The number of aliphatic hydroxyl groups is 7. The van der Waals surface area contributed by atoms with Crippen molar-refractivity contribution in [2.24, 2.45) is 0 Å². The summed E-state index contributed by atoms with van der Waals surface area (Å²) in [5.41, 5.74) is 0. The second-order valence-corrected chi connectivity index (χ2v) is 20.3. The van der Waals surface area contributed by atoms with Crippen molar-refractivity contribution < 1.29 is 59.0 Å². The first kappa shape index (κ1) is 61.1. The van der Waals surface area contributed by atoms with Crippen LogP contribution in [-0.4, -0.2) is 108 Å². The smallest absolute Gasteiger partial charge is 0.393 e. The summed E-state index contributed by atoms with van der Waals surface area (Å²) < 4.78 is 22.9. The molecule has 1 aliphatic carbocycles. The molecule has 1 rings (SSSR count). The number of phosphoric acid groups is 1. The predicted molar refractivity (Wildman–Crippen MR) is 257 cm³/mol. The molecule has 0 spiro atoms. The van der Waals surface area contributed by atoms with E-state index in [0.717, 1.165) is 44.9 Å². The van der Waals surface area contributed by atoms with Crippen LogP contribution in [-0.2, 0) is 18.4 Å². The number of nitrogens with one attached hydrogen (secondary N) is 1. The third-order valence-electron chi connectivity index (χ3n) is 12.9. The first-order valence-electron chi connectivity index (χ1n) is 26.2. The fourth-order valence-corrected chi connectivity index (χ4v) is 9.56. The lowest BCUT2D eigenvalue weighted by atomic mass is 9.85. The van der Waals surface area contributed by atoms with Gasteiger partial charge in [-0.15, -0.1) is 0 Å². The quantitative estimate of drug-likeness (QED) is 0.0158. The van der Waals surface area contributed by atoms with Crippen molar-refractivity contribution in [2.75, 3.05) is 6.61 Å². The molecule has 380 valence electrons. The summed E-state index contributed by atoms with van der Waals surface area (Å²) in [6.07, 6.45) is 30.1. The third-order valence-corrected chi connectivity index (χ3v) is 13.9. The first-order chi connectivity index (χ1) is 30.8. The van der Waals surface area contributed by atoms with Crippen LogP contribution in [0.2, 0.25) is 0 Å². The van der Waals surface area contributed by atoms with Crippen molar-refractivity contribution in [1.29, 1.82) is 0 Å². The monoisotopic (exact) mass is 936 g/mol. The molecule has 8 unspecified atom stereocenters. The lowest BCUT2D eigenvalue weighted by Gasteiger charge is -2.41. The van der Waals surface area contributed by atoms with Crippen LogP contribution in [0.15, 0.2) is 12.2 Å². The molecule has 0 saturated heterocycles. The Morgan fingerprint density at radius 2 is 0.891 bits per heavy atom. The lowest BCUT2D eigenvalue weighted by molar-refractivity contribution is -0.220. The fourth-order valence-electron chi connectivity index (χ4n) is 8.60. The molecule has 0 aliphatic heterocycles. The molecule has 0 aromatic rings. The summed E-state index contributed by atoms with van der Waals surface area (Å²) >= 11 is 0. The van der Waals surface area contributed by atoms with Gasteiger partial charge in [-0.25, -0.2) is 4.57 Å². The number of phosphoric ester groups is 1. The van der Waals surface area contributed by atoms with E-state index in [-0.39, 0.29) is 6.42 Å². The molecular weight excluding hydrogens is 838 g/mol. The van der Waals surface area contributed by atoms with Gasteiger partial charge in [-0.1, -0.05) is 225 Å². The molecule has 9 N–H and O–H groups in total. The highest BCUT2D eigenvalue weighted by Crippen LogP contribution is 2.47. The van der Waals surface area contributed by atoms with E-state index in [1.165, 1.54) is 167 Å². The van der Waals surface area contributed by atoms with Gasteiger partial charge in [0.05, 0.1) is 31.3 Å². The van der Waals surface area contributed by atoms with Gasteiger partial charge in [0.25, 0.3) is 0 Å². The SMILES string of the molecule is CCCCCCCCCCCCCC/C=C/C(O)C(COP(=O)(O)OC1C(O)C(O)C(O)C(O)C1O)NC(=O)CC(O)CCCCCCCCCCCCCCCCCCCCCC. The molecule has 1 aliphatic rings. The Morgan fingerprint density at radius 1 is 0.547 bits per heavy atom. The summed E-state index contributed by atoms with van der Waals surface area (Å²) in [5.74, 6) is -0.588. The molecule has 0 aromatic carbocycles. The van der Waals surface area contributed by atoms with Gasteiger partial charge in [0.1, 0.15) is 36.6 Å². The number of rotatable bonds is 44. The molecule has 1 saturated carbocycles. The molecule has 1 fully saturated rings. The van der Waals surface area contributed by atoms with Crippen molar-refractivity contribution in [2.45, 2.75) is 293 Å². The number of carbonyl (C=O) groups excluding carboxylic acids is 1. The maximum absolute atomic E-state index is 13.0. The van der Waals surface area contributed by atoms with E-state index in [9.17, 15) is 50.0 Å². The lowest BCUT2D eigenvalue weighted by Crippen LogP contribution is -2.64. The van der Waals surface area contributed by atoms with E-state index >= 15 is 0 Å². The van der Waals surface area contributed by atoms with Gasteiger partial charge in [0.2, 0.25) is 5.91 Å². The largest absolute Gasteiger partial charge is 0.472 e. The number of unbranched alkanes of at least 4 members (excludes halogenated alkanes) is 31. The summed E-state index contributed by atoms with van der Waals surface area (Å²) in [6, 6.07) is -1.24. The minimum Gasteiger partial charge on any atom is -0.393 e. The Labute approximate surface area is 389 Å². The minimum absolute atomic E-state index is 0.239. The van der Waals surface area contributed by atoms with E-state index < -0.39 is 75.2 Å². The van der Waals surface area contributed by atoms with Crippen LogP contribution in [0.5, 0.6) is 0 Å². The molecule has 0 aromatic heterocycles. The molecule has 8 atom stereocenters. The summed E-state index contributed by atoms with van der Waals surface area (Å²) in [5, 5.41) is 74.6. The Hall–Kier alpha value is -0.960. The van der Waals surface area contributed by atoms with Gasteiger partial charge in [-0.3, -0.25) is 13.8 Å². The minimum atomic E-state index is -5.14. The average molecular weight is 936 g/mol. The average Bonchev–Trinajstić information content (AvgIpc) is 3.27. The Balaban J connectivity index is 2.44. The maximum atomic E-state index is 13.0. The number of allylic oxidation sites excluding steroid dienone is 1. The third kappa shape index (κ3) is 31.2. The van der Waals surface area contributed by atoms with Crippen LogP contribution in [0, 0.1) is 0 Å². The van der Waals surface area contributed by atoms with Crippen molar-refractivity contribution in [3.8, 4) is 0 Å². The Kier molecular flexibility index (Phi) is 38.1. The van der Waals surface area contributed by atoms with Crippen molar-refractivity contribution in [3.05, 3.63) is 12.2 Å². The zero-order chi connectivity index (χ0) is 47.3. The van der Waals surface area contributed by atoms with Gasteiger partial charge in [0.15, 0.2) is 0 Å². The zero-order valence-corrected chi connectivity index (χ0v) is 41.4. The van der Waals surface area contributed by atoms with E-state index in [4.69, 9.17) is 9.05 Å². The van der Waals surface area contributed by atoms with E-state index in [1.54, 1.807) is 6.08 Å². The van der Waals surface area contributed by atoms with Crippen molar-refractivity contribution >= 4 is 13.7 Å². The highest BCUT2D eigenvalue weighted by Gasteiger charge is 2.51. The van der Waals surface area contributed by atoms with Crippen LogP contribution >= 0.6 is 7.82 Å². The molecule has 0 radical (unpaired) electrons. The van der Waals surface area contributed by atoms with E-state index in [1.807, 2.05) is 0 Å². The highest BCUT2D eigenvalue weighted by atomic mass is 31.2. The predicted octanol–water partition coefficient (Wildman–Crippen LogP) is 9.76. The van der Waals surface area contributed by atoms with Gasteiger partial charge < -0.3 is 46.0 Å². The van der Waals surface area contributed by atoms with Crippen LogP contribution in [0.25, 0.3) is 0 Å². The summed E-state index contributed by atoms with van der Waals surface area (Å²) in [6.45, 7) is 3.76. The van der Waals surface area contributed by atoms with Crippen molar-refractivity contribution in [1.82, 2.24) is 5.32 Å². The molecule has 14 heteroatoms. The standard InChI is InChI=1S/C50H98NO12P/c1-3-5-7-9-11-13-15-17-19-20-21-22-23-24-25-27-29-31-33-35-37-41(52)39-44(54)51-42(40-62-64(60,61)63-50-48(58)46(56)45(55)47(57)49(50)59)43(53)38-36-34-32-30-28-26-18-16-14-12-10-8-6-4-2/h36,38,41-43,45-50,52-53,55-59H,3-35,37,39-40H2,1-2H3,(H,51,54)(H,60,61)/b38-36+. The van der Waals surface area contributed by atoms with Crippen LogP contribution < -0.4 is 5.32 Å². The second kappa shape index (κ2) is 40.0. The molecule has 13 nitrogen and oxygen atoms in total. The van der Waals surface area contributed by atoms with E-state index in [2.05, 4.69) is 19.2 Å². The number of carbonyl (C=O) groups is 1. The van der Waals surface area contributed by atoms with Gasteiger partial charge >= 0.3 is 7.82 Å². The fraction of sp³-hybridized carbons (Fsp3) is 0.940. The summed E-state index contributed by atoms with van der Waals surface area (Å²) in [7, 11) is -5.14. The Bertz CT molecular complexity index is 1150. The number of amides is 1. The summed E-state index contributed by atoms with van der Waals surface area (Å²) in [4.78, 5) is 23.5. The maximum Gasteiger partial charge on any atom is 0.472 e. The zero-order valence-electron chi connectivity index (χ0n) is 40.5. The topological polar surface area (TPSA) is 226 Å². The molecule has 0 heterocycles. The Morgan fingerprint density at radius 3 is 1.28 bits per heavy atom. The molecule has 1 amide bonds. The van der Waals surface area contributed by atoms with Crippen molar-refractivity contribution in [3.63, 3.8) is 0 Å². The molecular formula is C50H98NO12P. The van der Waals surface area contributed by atoms with Gasteiger partial charge in [-0.2, -0.15) is 0 Å². The number of hydrogen-bond acceptors (Lipinski definition) is 11. The normalized spacial score (nSPS) is 22.7. The molecule has 0 bridgehead atoms. The first-order valence-corrected chi connectivity index (χ1v) is 27.7. The van der Waals surface area contributed by atoms with Crippen LogP contribution in [0.3, 0.4) is 0 Å². The number of hydrogen-bond donors (Lipinski definition) is 9. The van der Waals surface area contributed by atoms with Crippen LogP contribution in [0.4, 0.5) is 0 Å².